The van der Waals surface area contributed by atoms with Crippen molar-refractivity contribution in [1.29, 1.82) is 0 Å². The number of carbonyl (C=O) groups excluding carboxylic acids is 1. The maximum absolute atomic E-state index is 12.4. The van der Waals surface area contributed by atoms with Crippen LogP contribution in [0.25, 0.3) is 11.1 Å². The van der Waals surface area contributed by atoms with Gasteiger partial charge in [0.1, 0.15) is 11.5 Å². The van der Waals surface area contributed by atoms with Crippen molar-refractivity contribution in [3.05, 3.63) is 77.1 Å². The Morgan fingerprint density at radius 3 is 2.32 bits per heavy atom. The fourth-order valence-corrected chi connectivity index (χ4v) is 2.62. The molecule has 1 amide bonds. The number of hydrogen-bond donors (Lipinski definition) is 1. The van der Waals surface area contributed by atoms with Crippen molar-refractivity contribution in [3.8, 4) is 22.6 Å². The maximum Gasteiger partial charge on any atom is 0.272 e. The number of pyridine rings is 1. The number of amides is 1. The van der Waals surface area contributed by atoms with Crippen molar-refractivity contribution < 1.29 is 14.3 Å². The van der Waals surface area contributed by atoms with E-state index >= 15 is 0 Å². The molecule has 28 heavy (non-hydrogen) atoms. The quantitative estimate of drug-likeness (QED) is 0.502. The first-order valence-electron chi connectivity index (χ1n) is 8.36. The van der Waals surface area contributed by atoms with Crippen LogP contribution in [-0.2, 0) is 0 Å². The van der Waals surface area contributed by atoms with Crippen LogP contribution in [0.4, 0.5) is 0 Å². The summed E-state index contributed by atoms with van der Waals surface area (Å²) in [6.45, 7) is 0. The molecule has 0 saturated heterocycles. The highest BCUT2D eigenvalue weighted by Gasteiger charge is 2.07. The Labute approximate surface area is 167 Å². The van der Waals surface area contributed by atoms with Gasteiger partial charge in [0.15, 0.2) is 0 Å². The van der Waals surface area contributed by atoms with Gasteiger partial charge in [-0.1, -0.05) is 23.7 Å². The molecule has 0 unspecified atom stereocenters. The standard InChI is InChI=1S/C21H18ClN3O3/c1-27-19-7-14(8-20(10-19)28-2)11-24-25-21(26)17-9-16(12-23-13-17)15-3-5-18(22)6-4-15/h3-13H,1-2H3,(H,25,26)/b24-11+. The Morgan fingerprint density at radius 2 is 1.68 bits per heavy atom. The Balaban J connectivity index is 1.72. The van der Waals surface area contributed by atoms with Crippen molar-refractivity contribution in [2.24, 2.45) is 5.10 Å². The third-order valence-electron chi connectivity index (χ3n) is 3.93. The maximum atomic E-state index is 12.4. The monoisotopic (exact) mass is 395 g/mol. The number of nitrogens with zero attached hydrogens (tertiary/aromatic N) is 2. The molecule has 0 aliphatic heterocycles. The first-order chi connectivity index (χ1) is 13.6. The van der Waals surface area contributed by atoms with E-state index in [1.54, 1.807) is 56.8 Å². The van der Waals surface area contributed by atoms with E-state index in [9.17, 15) is 4.79 Å². The minimum atomic E-state index is -0.366. The molecule has 6 nitrogen and oxygen atoms in total. The van der Waals surface area contributed by atoms with E-state index in [1.807, 2.05) is 12.1 Å². The lowest BCUT2D eigenvalue weighted by Gasteiger charge is -2.06. The minimum Gasteiger partial charge on any atom is -0.497 e. The molecule has 0 fully saturated rings. The van der Waals surface area contributed by atoms with Crippen molar-refractivity contribution >= 4 is 23.7 Å². The lowest BCUT2D eigenvalue weighted by Crippen LogP contribution is -2.17. The van der Waals surface area contributed by atoms with Crippen LogP contribution in [0.1, 0.15) is 15.9 Å². The zero-order valence-corrected chi connectivity index (χ0v) is 16.1. The molecule has 0 bridgehead atoms. The topological polar surface area (TPSA) is 72.8 Å². The molecule has 1 aromatic heterocycles. The lowest BCUT2D eigenvalue weighted by atomic mass is 10.1. The van der Waals surface area contributed by atoms with Gasteiger partial charge in [-0.25, -0.2) is 5.43 Å². The van der Waals surface area contributed by atoms with Crippen LogP contribution < -0.4 is 14.9 Å². The summed E-state index contributed by atoms with van der Waals surface area (Å²) in [6.07, 6.45) is 4.68. The number of rotatable bonds is 6. The fraction of sp³-hybridized carbons (Fsp3) is 0.0952. The highest BCUT2D eigenvalue weighted by Crippen LogP contribution is 2.22. The molecule has 0 aliphatic carbocycles. The molecule has 142 valence electrons. The molecule has 2 aromatic carbocycles. The number of ether oxygens (including phenoxy) is 2. The number of halogens is 1. The van der Waals surface area contributed by atoms with Crippen LogP contribution in [0.5, 0.6) is 11.5 Å². The van der Waals surface area contributed by atoms with Gasteiger partial charge in [-0.2, -0.15) is 5.10 Å². The van der Waals surface area contributed by atoms with Crippen LogP contribution in [0.3, 0.4) is 0 Å². The summed E-state index contributed by atoms with van der Waals surface area (Å²) < 4.78 is 10.4. The second-order valence-corrected chi connectivity index (χ2v) is 6.25. The van der Waals surface area contributed by atoms with Gasteiger partial charge >= 0.3 is 0 Å². The smallest absolute Gasteiger partial charge is 0.272 e. The van der Waals surface area contributed by atoms with E-state index in [1.165, 1.54) is 12.4 Å². The van der Waals surface area contributed by atoms with Crippen molar-refractivity contribution in [1.82, 2.24) is 10.4 Å². The van der Waals surface area contributed by atoms with Gasteiger partial charge < -0.3 is 9.47 Å². The Morgan fingerprint density at radius 1 is 1.00 bits per heavy atom. The first kappa shape index (κ1) is 19.4. The number of hydrogen-bond acceptors (Lipinski definition) is 5. The van der Waals surface area contributed by atoms with E-state index in [0.717, 1.165) is 16.7 Å². The SMILES string of the molecule is COc1cc(/C=N/NC(=O)c2cncc(-c3ccc(Cl)cc3)c2)cc(OC)c1. The Hall–Kier alpha value is -3.38. The highest BCUT2D eigenvalue weighted by atomic mass is 35.5. The summed E-state index contributed by atoms with van der Waals surface area (Å²) in [7, 11) is 3.14. The van der Waals surface area contributed by atoms with E-state index in [0.29, 0.717) is 22.1 Å². The molecular formula is C21H18ClN3O3. The normalized spacial score (nSPS) is 10.7. The lowest BCUT2D eigenvalue weighted by molar-refractivity contribution is 0.0955. The molecular weight excluding hydrogens is 378 g/mol. The summed E-state index contributed by atoms with van der Waals surface area (Å²) in [5, 5.41) is 4.65. The van der Waals surface area contributed by atoms with E-state index in [-0.39, 0.29) is 5.91 Å². The molecule has 3 aromatic rings. The number of nitrogens with one attached hydrogen (secondary N) is 1. The molecule has 0 radical (unpaired) electrons. The first-order valence-corrected chi connectivity index (χ1v) is 8.74. The Bertz CT molecular complexity index is 982. The van der Waals surface area contributed by atoms with Gasteiger partial charge in [-0.3, -0.25) is 9.78 Å². The number of carbonyl (C=O) groups is 1. The fourth-order valence-electron chi connectivity index (χ4n) is 2.50. The molecule has 1 N–H and O–H groups in total. The van der Waals surface area contributed by atoms with Gasteiger partial charge in [0.2, 0.25) is 0 Å². The molecule has 7 heteroatoms. The zero-order valence-electron chi connectivity index (χ0n) is 15.3. The van der Waals surface area contributed by atoms with Gasteiger partial charge in [-0.05, 0) is 35.9 Å². The Kier molecular flexibility index (Phi) is 6.24. The average molecular weight is 396 g/mol. The van der Waals surface area contributed by atoms with Crippen molar-refractivity contribution in [3.63, 3.8) is 0 Å². The van der Waals surface area contributed by atoms with E-state index < -0.39 is 0 Å². The predicted molar refractivity (Wildman–Crippen MR) is 109 cm³/mol. The summed E-state index contributed by atoms with van der Waals surface area (Å²) in [5.41, 5.74) is 5.35. The minimum absolute atomic E-state index is 0.366. The zero-order chi connectivity index (χ0) is 19.9. The second kappa shape index (κ2) is 9.01. The molecule has 0 atom stereocenters. The summed E-state index contributed by atoms with van der Waals surface area (Å²) >= 11 is 5.92. The number of hydrazone groups is 1. The molecule has 1 heterocycles. The number of methoxy groups -OCH3 is 2. The number of benzene rings is 2. The average Bonchev–Trinajstić information content (AvgIpc) is 2.74. The van der Waals surface area contributed by atoms with E-state index in [2.05, 4.69) is 15.5 Å². The van der Waals surface area contributed by atoms with Gasteiger partial charge in [0.25, 0.3) is 5.91 Å². The summed E-state index contributed by atoms with van der Waals surface area (Å²) in [5.74, 6) is 0.897. The van der Waals surface area contributed by atoms with Crippen LogP contribution in [0.15, 0.2) is 66.0 Å². The van der Waals surface area contributed by atoms with Gasteiger partial charge in [-0.15, -0.1) is 0 Å². The van der Waals surface area contributed by atoms with Crippen LogP contribution in [-0.4, -0.2) is 31.3 Å². The third-order valence-corrected chi connectivity index (χ3v) is 4.18. The molecule has 0 saturated carbocycles. The molecule has 0 spiro atoms. The van der Waals surface area contributed by atoms with Crippen molar-refractivity contribution in [2.75, 3.05) is 14.2 Å². The highest BCUT2D eigenvalue weighted by molar-refractivity contribution is 6.30. The van der Waals surface area contributed by atoms with Gasteiger partial charge in [0, 0.05) is 34.6 Å². The molecule has 3 rings (SSSR count). The predicted octanol–water partition coefficient (Wildman–Crippen LogP) is 4.18. The third kappa shape index (κ3) is 4.86. The van der Waals surface area contributed by atoms with Crippen LogP contribution in [0, 0.1) is 0 Å². The van der Waals surface area contributed by atoms with Gasteiger partial charge in [0.05, 0.1) is 26.0 Å². The van der Waals surface area contributed by atoms with Crippen LogP contribution in [0.2, 0.25) is 5.02 Å². The largest absolute Gasteiger partial charge is 0.497 e. The summed E-state index contributed by atoms with van der Waals surface area (Å²) in [4.78, 5) is 16.5. The van der Waals surface area contributed by atoms with E-state index in [4.69, 9.17) is 21.1 Å². The second-order valence-electron chi connectivity index (χ2n) is 5.81. The van der Waals surface area contributed by atoms with Crippen LogP contribution >= 0.6 is 11.6 Å². The summed E-state index contributed by atoms with van der Waals surface area (Å²) in [6, 6.07) is 14.4. The molecule has 0 aliphatic rings. The number of aromatic nitrogens is 1. The van der Waals surface area contributed by atoms with Crippen molar-refractivity contribution in [2.45, 2.75) is 0 Å².